The third-order valence-corrected chi connectivity index (χ3v) is 3.34. The lowest BCUT2D eigenvalue weighted by molar-refractivity contribution is 0.0693. The fourth-order valence-corrected chi connectivity index (χ4v) is 2.09. The second-order valence-corrected chi connectivity index (χ2v) is 4.56. The molecule has 0 aliphatic heterocycles. The summed E-state index contributed by atoms with van der Waals surface area (Å²) in [5.74, 6) is -0.674. The number of carboxylic acid groups (broad SMARTS) is 1. The normalized spacial score (nSPS) is 10.3. The highest BCUT2D eigenvalue weighted by atomic mass is 35.5. The van der Waals surface area contributed by atoms with Crippen LogP contribution in [0.1, 0.15) is 15.9 Å². The van der Waals surface area contributed by atoms with E-state index in [2.05, 4.69) is 0 Å². The topological polar surface area (TPSA) is 46.5 Å². The molecule has 0 fully saturated rings. The van der Waals surface area contributed by atoms with E-state index in [9.17, 15) is 4.79 Å². The molecule has 2 aromatic rings. The van der Waals surface area contributed by atoms with Crippen LogP contribution in [0.5, 0.6) is 5.75 Å². The first-order valence-electron chi connectivity index (χ1n) is 5.71. The van der Waals surface area contributed by atoms with Gasteiger partial charge >= 0.3 is 5.97 Å². The molecule has 0 saturated carbocycles. The molecular weight excluding hydrogens is 264 g/mol. The maximum absolute atomic E-state index is 11.2. The van der Waals surface area contributed by atoms with E-state index in [1.807, 2.05) is 25.1 Å². The van der Waals surface area contributed by atoms with Gasteiger partial charge in [0, 0.05) is 10.6 Å². The first-order chi connectivity index (χ1) is 9.04. The number of hydrogen-bond acceptors (Lipinski definition) is 2. The molecule has 19 heavy (non-hydrogen) atoms. The van der Waals surface area contributed by atoms with E-state index < -0.39 is 5.97 Å². The van der Waals surface area contributed by atoms with Crippen molar-refractivity contribution in [3.8, 4) is 16.9 Å². The van der Waals surface area contributed by atoms with Crippen LogP contribution in [0, 0.1) is 6.92 Å². The van der Waals surface area contributed by atoms with Gasteiger partial charge in [-0.15, -0.1) is 0 Å². The number of carboxylic acids is 1. The van der Waals surface area contributed by atoms with Crippen LogP contribution in [0.4, 0.5) is 0 Å². The van der Waals surface area contributed by atoms with Crippen molar-refractivity contribution >= 4 is 17.6 Å². The van der Waals surface area contributed by atoms with Gasteiger partial charge in [0.2, 0.25) is 0 Å². The van der Waals surface area contributed by atoms with Gasteiger partial charge in [0.25, 0.3) is 0 Å². The number of hydrogen-bond donors (Lipinski definition) is 1. The molecule has 0 bridgehead atoms. The minimum Gasteiger partial charge on any atom is -0.495 e. The van der Waals surface area contributed by atoms with Gasteiger partial charge in [0.05, 0.1) is 7.11 Å². The van der Waals surface area contributed by atoms with Crippen molar-refractivity contribution in [3.05, 3.63) is 52.5 Å². The van der Waals surface area contributed by atoms with E-state index >= 15 is 0 Å². The highest BCUT2D eigenvalue weighted by Crippen LogP contribution is 2.34. The fourth-order valence-electron chi connectivity index (χ4n) is 1.91. The molecule has 0 aliphatic carbocycles. The predicted molar refractivity (Wildman–Crippen MR) is 75.1 cm³/mol. The Bertz CT molecular complexity index is 635. The van der Waals surface area contributed by atoms with Crippen LogP contribution in [-0.4, -0.2) is 18.2 Å². The molecule has 0 spiro atoms. The Hall–Kier alpha value is -2.00. The van der Waals surface area contributed by atoms with Gasteiger partial charge in [0.1, 0.15) is 11.3 Å². The number of para-hydroxylation sites is 1. The van der Waals surface area contributed by atoms with E-state index in [1.165, 1.54) is 13.2 Å². The first-order valence-corrected chi connectivity index (χ1v) is 6.09. The van der Waals surface area contributed by atoms with E-state index in [1.54, 1.807) is 12.1 Å². The molecule has 0 unspecified atom stereocenters. The summed E-state index contributed by atoms with van der Waals surface area (Å²) in [6.07, 6.45) is 0. The standard InChI is InChI=1S/C15H13ClO3/c1-9-6-7-10(8-13(9)16)11-4-3-5-12(15(17)18)14(11)19-2/h3-8H,1-2H3,(H,17,18). The second-order valence-electron chi connectivity index (χ2n) is 4.16. The molecule has 0 saturated heterocycles. The van der Waals surface area contributed by atoms with Gasteiger partial charge < -0.3 is 9.84 Å². The third kappa shape index (κ3) is 2.56. The molecule has 0 amide bonds. The number of aromatic carboxylic acids is 1. The largest absolute Gasteiger partial charge is 0.495 e. The lowest BCUT2D eigenvalue weighted by Gasteiger charge is -2.12. The Labute approximate surface area is 116 Å². The summed E-state index contributed by atoms with van der Waals surface area (Å²) in [6.45, 7) is 1.91. The van der Waals surface area contributed by atoms with E-state index in [0.29, 0.717) is 16.3 Å². The maximum atomic E-state index is 11.2. The number of rotatable bonds is 3. The number of halogens is 1. The van der Waals surface area contributed by atoms with Crippen LogP contribution in [-0.2, 0) is 0 Å². The molecule has 1 N–H and O–H groups in total. The summed E-state index contributed by atoms with van der Waals surface area (Å²) in [6, 6.07) is 10.6. The van der Waals surface area contributed by atoms with Crippen molar-refractivity contribution in [3.63, 3.8) is 0 Å². The summed E-state index contributed by atoms with van der Waals surface area (Å²) in [4.78, 5) is 11.2. The quantitative estimate of drug-likeness (QED) is 0.921. The molecule has 0 aliphatic rings. The number of methoxy groups -OCH3 is 1. The Morgan fingerprint density at radius 1 is 1.26 bits per heavy atom. The Kier molecular flexibility index (Phi) is 3.76. The SMILES string of the molecule is COc1c(C(=O)O)cccc1-c1ccc(C)c(Cl)c1. The van der Waals surface area contributed by atoms with Gasteiger partial charge in [0.15, 0.2) is 0 Å². The summed E-state index contributed by atoms with van der Waals surface area (Å²) < 4.78 is 5.24. The molecule has 2 rings (SSSR count). The molecular formula is C15H13ClO3. The molecule has 0 radical (unpaired) electrons. The van der Waals surface area contributed by atoms with Crippen molar-refractivity contribution in [1.82, 2.24) is 0 Å². The highest BCUT2D eigenvalue weighted by molar-refractivity contribution is 6.31. The van der Waals surface area contributed by atoms with Crippen LogP contribution in [0.25, 0.3) is 11.1 Å². The first kappa shape index (κ1) is 13.4. The zero-order valence-electron chi connectivity index (χ0n) is 10.6. The molecule has 2 aromatic carbocycles. The number of aryl methyl sites for hydroxylation is 1. The molecule has 98 valence electrons. The van der Waals surface area contributed by atoms with Crippen molar-refractivity contribution < 1.29 is 14.6 Å². The Morgan fingerprint density at radius 2 is 2.00 bits per heavy atom. The van der Waals surface area contributed by atoms with Crippen molar-refractivity contribution in [2.75, 3.05) is 7.11 Å². The smallest absolute Gasteiger partial charge is 0.339 e. The molecule has 0 heterocycles. The third-order valence-electron chi connectivity index (χ3n) is 2.93. The average molecular weight is 277 g/mol. The summed E-state index contributed by atoms with van der Waals surface area (Å²) in [7, 11) is 1.46. The second kappa shape index (κ2) is 5.33. The van der Waals surface area contributed by atoms with Gasteiger partial charge in [-0.3, -0.25) is 0 Å². The molecule has 0 atom stereocenters. The van der Waals surface area contributed by atoms with Crippen LogP contribution in [0.15, 0.2) is 36.4 Å². The van der Waals surface area contributed by atoms with Gasteiger partial charge in [-0.25, -0.2) is 4.79 Å². The van der Waals surface area contributed by atoms with Crippen molar-refractivity contribution in [2.45, 2.75) is 6.92 Å². The summed E-state index contributed by atoms with van der Waals surface area (Å²) in [5.41, 5.74) is 2.65. The highest BCUT2D eigenvalue weighted by Gasteiger charge is 2.16. The predicted octanol–water partition coefficient (Wildman–Crippen LogP) is 4.02. The average Bonchev–Trinajstić information content (AvgIpc) is 2.40. The van der Waals surface area contributed by atoms with Gasteiger partial charge in [-0.05, 0) is 30.2 Å². The molecule has 3 nitrogen and oxygen atoms in total. The zero-order valence-corrected chi connectivity index (χ0v) is 11.4. The lowest BCUT2D eigenvalue weighted by atomic mass is 10.0. The summed E-state index contributed by atoms with van der Waals surface area (Å²) in [5, 5.41) is 9.80. The minimum absolute atomic E-state index is 0.136. The fraction of sp³-hybridized carbons (Fsp3) is 0.133. The van der Waals surface area contributed by atoms with Crippen LogP contribution < -0.4 is 4.74 Å². The Morgan fingerprint density at radius 3 is 2.58 bits per heavy atom. The van der Waals surface area contributed by atoms with E-state index in [0.717, 1.165) is 11.1 Å². The molecule has 0 aromatic heterocycles. The Balaban J connectivity index is 2.64. The maximum Gasteiger partial charge on any atom is 0.339 e. The van der Waals surface area contributed by atoms with Crippen molar-refractivity contribution in [2.24, 2.45) is 0 Å². The van der Waals surface area contributed by atoms with Crippen molar-refractivity contribution in [1.29, 1.82) is 0 Å². The van der Waals surface area contributed by atoms with Crippen LogP contribution >= 0.6 is 11.6 Å². The molecule has 4 heteroatoms. The lowest BCUT2D eigenvalue weighted by Crippen LogP contribution is -2.01. The van der Waals surface area contributed by atoms with E-state index in [4.69, 9.17) is 21.4 Å². The number of benzene rings is 2. The van der Waals surface area contributed by atoms with Gasteiger partial charge in [-0.1, -0.05) is 35.9 Å². The number of carbonyl (C=O) groups is 1. The minimum atomic E-state index is -1.02. The zero-order chi connectivity index (χ0) is 14.0. The summed E-state index contributed by atoms with van der Waals surface area (Å²) >= 11 is 6.10. The number of ether oxygens (including phenoxy) is 1. The van der Waals surface area contributed by atoms with Gasteiger partial charge in [-0.2, -0.15) is 0 Å². The van der Waals surface area contributed by atoms with Crippen LogP contribution in [0.3, 0.4) is 0 Å². The van der Waals surface area contributed by atoms with Crippen LogP contribution in [0.2, 0.25) is 5.02 Å². The van der Waals surface area contributed by atoms with E-state index in [-0.39, 0.29) is 5.56 Å². The monoisotopic (exact) mass is 276 g/mol.